The average molecular weight is 222 g/mol. The lowest BCUT2D eigenvalue weighted by atomic mass is 10.2. The quantitative estimate of drug-likeness (QED) is 0.761. The van der Waals surface area contributed by atoms with Crippen molar-refractivity contribution in [2.75, 3.05) is 7.11 Å². The molecule has 0 saturated heterocycles. The number of benzene rings is 1. The van der Waals surface area contributed by atoms with Crippen molar-refractivity contribution in [2.45, 2.75) is 6.61 Å². The molecule has 0 amide bonds. The van der Waals surface area contributed by atoms with Gasteiger partial charge in [-0.3, -0.25) is 0 Å². The number of nitrogens with zero attached hydrogens (tertiary/aromatic N) is 2. The van der Waals surface area contributed by atoms with E-state index in [2.05, 4.69) is 10.1 Å². The van der Waals surface area contributed by atoms with E-state index in [9.17, 15) is 10.2 Å². The predicted octanol–water partition coefficient (Wildman–Crippen LogP) is 1.29. The monoisotopic (exact) mass is 222 g/mol. The number of hydrogen-bond donors (Lipinski definition) is 2. The highest BCUT2D eigenvalue weighted by atomic mass is 16.5. The fourth-order valence-electron chi connectivity index (χ4n) is 1.25. The van der Waals surface area contributed by atoms with Crippen molar-refractivity contribution < 1.29 is 19.5 Å². The van der Waals surface area contributed by atoms with Crippen molar-refractivity contribution in [3.8, 4) is 23.0 Å². The minimum atomic E-state index is -0.282. The van der Waals surface area contributed by atoms with Crippen LogP contribution >= 0.6 is 0 Å². The highest BCUT2D eigenvalue weighted by molar-refractivity contribution is 5.66. The first kappa shape index (κ1) is 10.4. The predicted molar refractivity (Wildman–Crippen MR) is 53.8 cm³/mol. The van der Waals surface area contributed by atoms with Gasteiger partial charge in [-0.15, -0.1) is 0 Å². The van der Waals surface area contributed by atoms with Crippen LogP contribution in [0.2, 0.25) is 0 Å². The van der Waals surface area contributed by atoms with E-state index < -0.39 is 0 Å². The van der Waals surface area contributed by atoms with Crippen LogP contribution in [0.3, 0.4) is 0 Å². The molecule has 84 valence electrons. The van der Waals surface area contributed by atoms with Crippen LogP contribution < -0.4 is 0 Å². The Morgan fingerprint density at radius 2 is 2.19 bits per heavy atom. The molecular formula is C10H10N2O4. The molecule has 0 aliphatic heterocycles. The Hall–Kier alpha value is -2.08. The standard InChI is InChI=1S/C10H10N2O4/c1-15-5-8-11-10(16-12-8)6-3-2-4-7(13)9(6)14/h2-4,13-14H,5H2,1H3. The summed E-state index contributed by atoms with van der Waals surface area (Å²) >= 11 is 0. The van der Waals surface area contributed by atoms with Crippen LogP contribution in [0.25, 0.3) is 11.5 Å². The molecule has 0 saturated carbocycles. The molecule has 2 N–H and O–H groups in total. The van der Waals surface area contributed by atoms with Gasteiger partial charge in [-0.25, -0.2) is 0 Å². The number of phenols is 2. The zero-order valence-electron chi connectivity index (χ0n) is 8.54. The fourth-order valence-corrected chi connectivity index (χ4v) is 1.25. The number of ether oxygens (including phenoxy) is 1. The molecule has 1 aromatic carbocycles. The van der Waals surface area contributed by atoms with Gasteiger partial charge in [0.1, 0.15) is 6.61 Å². The van der Waals surface area contributed by atoms with Gasteiger partial charge in [0.05, 0.1) is 5.56 Å². The SMILES string of the molecule is COCc1noc(-c2cccc(O)c2O)n1. The first-order valence-corrected chi connectivity index (χ1v) is 4.55. The van der Waals surface area contributed by atoms with Crippen LogP contribution in [0.5, 0.6) is 11.5 Å². The first-order chi connectivity index (χ1) is 7.72. The highest BCUT2D eigenvalue weighted by Crippen LogP contribution is 2.34. The first-order valence-electron chi connectivity index (χ1n) is 4.55. The molecular weight excluding hydrogens is 212 g/mol. The molecule has 1 aromatic heterocycles. The summed E-state index contributed by atoms with van der Waals surface area (Å²) in [5, 5.41) is 22.5. The van der Waals surface area contributed by atoms with Gasteiger partial charge < -0.3 is 19.5 Å². The zero-order chi connectivity index (χ0) is 11.5. The van der Waals surface area contributed by atoms with E-state index in [1.165, 1.54) is 13.2 Å². The average Bonchev–Trinajstić information content (AvgIpc) is 2.71. The molecule has 0 unspecified atom stereocenters. The van der Waals surface area contributed by atoms with Gasteiger partial charge in [0.2, 0.25) is 0 Å². The lowest BCUT2D eigenvalue weighted by molar-refractivity contribution is 0.174. The smallest absolute Gasteiger partial charge is 0.261 e. The maximum absolute atomic E-state index is 9.58. The second-order valence-corrected chi connectivity index (χ2v) is 3.12. The minimum Gasteiger partial charge on any atom is -0.504 e. The molecule has 0 radical (unpaired) electrons. The van der Waals surface area contributed by atoms with Gasteiger partial charge in [-0.1, -0.05) is 11.2 Å². The number of aromatic nitrogens is 2. The van der Waals surface area contributed by atoms with E-state index in [-0.39, 0.29) is 29.6 Å². The van der Waals surface area contributed by atoms with Crippen molar-refractivity contribution in [1.29, 1.82) is 0 Å². The number of rotatable bonds is 3. The van der Waals surface area contributed by atoms with E-state index in [1.54, 1.807) is 12.1 Å². The van der Waals surface area contributed by atoms with Gasteiger partial charge in [0.25, 0.3) is 5.89 Å². The summed E-state index contributed by atoms with van der Waals surface area (Å²) in [6, 6.07) is 4.51. The van der Waals surface area contributed by atoms with E-state index in [0.717, 1.165) is 0 Å². The number of phenolic OH excluding ortho intramolecular Hbond substituents is 2. The molecule has 0 fully saturated rings. The molecule has 0 aliphatic rings. The van der Waals surface area contributed by atoms with Crippen LogP contribution in [-0.4, -0.2) is 27.5 Å². The molecule has 0 spiro atoms. The summed E-state index contributed by atoms with van der Waals surface area (Å²) in [7, 11) is 1.52. The molecule has 0 atom stereocenters. The van der Waals surface area contributed by atoms with Crippen molar-refractivity contribution in [1.82, 2.24) is 10.1 Å². The summed E-state index contributed by atoms with van der Waals surface area (Å²) in [4.78, 5) is 4.00. The summed E-state index contributed by atoms with van der Waals surface area (Å²) in [6.45, 7) is 0.225. The summed E-state index contributed by atoms with van der Waals surface area (Å²) in [6.07, 6.45) is 0. The lowest BCUT2D eigenvalue weighted by Crippen LogP contribution is -1.89. The van der Waals surface area contributed by atoms with Crippen LogP contribution in [-0.2, 0) is 11.3 Å². The topological polar surface area (TPSA) is 88.6 Å². The number of hydrogen-bond acceptors (Lipinski definition) is 6. The molecule has 0 bridgehead atoms. The largest absolute Gasteiger partial charge is 0.504 e. The van der Waals surface area contributed by atoms with Crippen molar-refractivity contribution in [3.05, 3.63) is 24.0 Å². The van der Waals surface area contributed by atoms with Crippen LogP contribution in [0.15, 0.2) is 22.7 Å². The Balaban J connectivity index is 2.39. The number of para-hydroxylation sites is 1. The maximum atomic E-state index is 9.58. The summed E-state index contributed by atoms with van der Waals surface area (Å²) < 4.78 is 9.76. The van der Waals surface area contributed by atoms with Gasteiger partial charge in [-0.2, -0.15) is 4.98 Å². The van der Waals surface area contributed by atoms with E-state index >= 15 is 0 Å². The molecule has 1 heterocycles. The number of methoxy groups -OCH3 is 1. The summed E-state index contributed by atoms with van der Waals surface area (Å²) in [5.74, 6) is -0.000184. The highest BCUT2D eigenvalue weighted by Gasteiger charge is 2.14. The molecule has 6 heteroatoms. The van der Waals surface area contributed by atoms with Gasteiger partial charge in [-0.05, 0) is 12.1 Å². The second-order valence-electron chi connectivity index (χ2n) is 3.12. The second kappa shape index (κ2) is 4.19. The third-order valence-electron chi connectivity index (χ3n) is 1.99. The third-order valence-corrected chi connectivity index (χ3v) is 1.99. The van der Waals surface area contributed by atoms with E-state index in [1.807, 2.05) is 0 Å². The van der Waals surface area contributed by atoms with Crippen LogP contribution in [0, 0.1) is 0 Å². The molecule has 2 rings (SSSR count). The lowest BCUT2D eigenvalue weighted by Gasteiger charge is -2.00. The van der Waals surface area contributed by atoms with Gasteiger partial charge >= 0.3 is 0 Å². The van der Waals surface area contributed by atoms with Crippen LogP contribution in [0.4, 0.5) is 0 Å². The minimum absolute atomic E-state index is 0.139. The van der Waals surface area contributed by atoms with E-state index in [0.29, 0.717) is 5.82 Å². The van der Waals surface area contributed by atoms with E-state index in [4.69, 9.17) is 9.26 Å². The molecule has 16 heavy (non-hydrogen) atoms. The molecule has 2 aromatic rings. The fraction of sp³-hybridized carbons (Fsp3) is 0.200. The number of aromatic hydroxyl groups is 2. The van der Waals surface area contributed by atoms with Gasteiger partial charge in [0.15, 0.2) is 17.3 Å². The Morgan fingerprint density at radius 3 is 2.94 bits per heavy atom. The van der Waals surface area contributed by atoms with Crippen molar-refractivity contribution in [2.24, 2.45) is 0 Å². The van der Waals surface area contributed by atoms with Crippen molar-refractivity contribution >= 4 is 0 Å². The maximum Gasteiger partial charge on any atom is 0.261 e. The van der Waals surface area contributed by atoms with Crippen molar-refractivity contribution in [3.63, 3.8) is 0 Å². The Kier molecular flexibility index (Phi) is 2.74. The molecule has 6 nitrogen and oxygen atoms in total. The van der Waals surface area contributed by atoms with Gasteiger partial charge in [0, 0.05) is 7.11 Å². The molecule has 0 aliphatic carbocycles. The Morgan fingerprint density at radius 1 is 1.38 bits per heavy atom. The Labute approximate surface area is 91.1 Å². The Bertz CT molecular complexity index is 495. The third kappa shape index (κ3) is 1.82. The normalized spacial score (nSPS) is 10.6. The zero-order valence-corrected chi connectivity index (χ0v) is 8.54. The van der Waals surface area contributed by atoms with Crippen LogP contribution in [0.1, 0.15) is 5.82 Å². The summed E-state index contributed by atoms with van der Waals surface area (Å²) in [5.41, 5.74) is 0.287.